The molecule has 0 aliphatic carbocycles. The van der Waals surface area contributed by atoms with Crippen molar-refractivity contribution in [3.8, 4) is 5.75 Å². The van der Waals surface area contributed by atoms with Gasteiger partial charge in [-0.2, -0.15) is 5.10 Å². The summed E-state index contributed by atoms with van der Waals surface area (Å²) in [6.45, 7) is 2.85. The number of fused-ring (bicyclic) bond motifs is 1. The average Bonchev–Trinajstić information content (AvgIpc) is 3.03. The lowest BCUT2D eigenvalue weighted by molar-refractivity contribution is -0.0869. The summed E-state index contributed by atoms with van der Waals surface area (Å²) >= 11 is 0. The molecule has 27 heavy (non-hydrogen) atoms. The second-order valence-electron chi connectivity index (χ2n) is 7.33. The number of hydrogen-bond donors (Lipinski definition) is 2. The highest BCUT2D eigenvalue weighted by Gasteiger charge is 2.40. The van der Waals surface area contributed by atoms with Crippen LogP contribution in [-0.4, -0.2) is 41.5 Å². The van der Waals surface area contributed by atoms with E-state index < -0.39 is 0 Å². The van der Waals surface area contributed by atoms with E-state index >= 15 is 0 Å². The number of rotatable bonds is 4. The summed E-state index contributed by atoms with van der Waals surface area (Å²) < 4.78 is 13.2. The molecule has 1 aromatic heterocycles. The van der Waals surface area contributed by atoms with Crippen LogP contribution in [0.2, 0.25) is 0 Å². The molecular weight excluding hydrogens is 344 g/mol. The van der Waals surface area contributed by atoms with Gasteiger partial charge in [0, 0.05) is 31.3 Å². The molecule has 1 fully saturated rings. The average molecular weight is 370 g/mol. The highest BCUT2D eigenvalue weighted by Crippen LogP contribution is 2.35. The minimum Gasteiger partial charge on any atom is -0.497 e. The van der Waals surface area contributed by atoms with Crippen LogP contribution in [0.25, 0.3) is 0 Å². The monoisotopic (exact) mass is 370 g/mol. The molecule has 1 spiro atoms. The van der Waals surface area contributed by atoms with Gasteiger partial charge in [0.25, 0.3) is 5.91 Å². The van der Waals surface area contributed by atoms with Crippen LogP contribution in [0.1, 0.15) is 40.2 Å². The van der Waals surface area contributed by atoms with Crippen molar-refractivity contribution in [2.75, 3.05) is 20.2 Å². The lowest BCUT2D eigenvalue weighted by Crippen LogP contribution is -2.47. The molecule has 4 rings (SSSR count). The molecule has 1 amide bonds. The number of methoxy groups -OCH3 is 1. The van der Waals surface area contributed by atoms with Crippen LogP contribution in [0, 0.1) is 0 Å². The number of benzene rings is 1. The molecule has 2 N–H and O–H groups in total. The zero-order valence-electron chi connectivity index (χ0n) is 15.9. The van der Waals surface area contributed by atoms with E-state index in [2.05, 4.69) is 15.7 Å². The number of piperidine rings is 1. The van der Waals surface area contributed by atoms with Crippen LogP contribution < -0.4 is 15.4 Å². The molecule has 2 aliphatic heterocycles. The lowest BCUT2D eigenvalue weighted by Gasteiger charge is -2.40. The molecule has 2 aromatic rings. The van der Waals surface area contributed by atoms with Gasteiger partial charge in [-0.1, -0.05) is 12.1 Å². The molecule has 0 atom stereocenters. The van der Waals surface area contributed by atoms with Gasteiger partial charge in [0.15, 0.2) is 5.69 Å². The van der Waals surface area contributed by atoms with E-state index in [0.29, 0.717) is 18.8 Å². The number of amides is 1. The molecule has 7 nitrogen and oxygen atoms in total. The van der Waals surface area contributed by atoms with Crippen molar-refractivity contribution >= 4 is 5.91 Å². The summed E-state index contributed by atoms with van der Waals surface area (Å²) in [4.78, 5) is 12.7. The van der Waals surface area contributed by atoms with Crippen LogP contribution in [0.5, 0.6) is 5.75 Å². The summed E-state index contributed by atoms with van der Waals surface area (Å²) in [7, 11) is 3.55. The second-order valence-corrected chi connectivity index (χ2v) is 7.33. The van der Waals surface area contributed by atoms with Crippen molar-refractivity contribution in [2.24, 2.45) is 7.05 Å². The number of hydrogen-bond acceptors (Lipinski definition) is 5. The Morgan fingerprint density at radius 2 is 2.07 bits per heavy atom. The molecule has 0 radical (unpaired) electrons. The van der Waals surface area contributed by atoms with Gasteiger partial charge in [-0.15, -0.1) is 0 Å². The van der Waals surface area contributed by atoms with Gasteiger partial charge in [0.1, 0.15) is 5.75 Å². The van der Waals surface area contributed by atoms with Crippen LogP contribution in [0.4, 0.5) is 0 Å². The van der Waals surface area contributed by atoms with Crippen LogP contribution in [0.3, 0.4) is 0 Å². The number of nitrogens with zero attached hydrogens (tertiary/aromatic N) is 2. The van der Waals surface area contributed by atoms with Gasteiger partial charge in [0.2, 0.25) is 0 Å². The smallest absolute Gasteiger partial charge is 0.272 e. The topological polar surface area (TPSA) is 77.4 Å². The molecule has 3 heterocycles. The Hall–Kier alpha value is -2.38. The van der Waals surface area contributed by atoms with Crippen molar-refractivity contribution in [2.45, 2.75) is 38.0 Å². The largest absolute Gasteiger partial charge is 0.497 e. The van der Waals surface area contributed by atoms with Crippen molar-refractivity contribution in [3.05, 3.63) is 46.8 Å². The molecule has 2 aliphatic rings. The van der Waals surface area contributed by atoms with Crippen molar-refractivity contribution in [3.63, 3.8) is 0 Å². The van der Waals surface area contributed by atoms with E-state index in [0.717, 1.165) is 54.9 Å². The van der Waals surface area contributed by atoms with Crippen molar-refractivity contribution in [1.29, 1.82) is 0 Å². The van der Waals surface area contributed by atoms with E-state index in [9.17, 15) is 4.79 Å². The van der Waals surface area contributed by atoms with Gasteiger partial charge in [-0.05, 0) is 43.6 Å². The quantitative estimate of drug-likeness (QED) is 0.854. The number of aryl methyl sites for hydroxylation is 1. The van der Waals surface area contributed by atoms with E-state index in [1.165, 1.54) is 0 Å². The van der Waals surface area contributed by atoms with Crippen molar-refractivity contribution in [1.82, 2.24) is 20.4 Å². The molecule has 7 heteroatoms. The number of nitrogens with one attached hydrogen (secondary N) is 2. The molecule has 0 saturated carbocycles. The zero-order valence-corrected chi connectivity index (χ0v) is 15.9. The van der Waals surface area contributed by atoms with Crippen molar-refractivity contribution < 1.29 is 14.3 Å². The number of aromatic nitrogens is 2. The standard InChI is InChI=1S/C20H26N4O3/c1-24-17-11-20(7-9-21-10-8-20)27-13-16(17)18(23-24)19(25)22-12-14-3-5-15(26-2)6-4-14/h3-6,21H,7-13H2,1-2H3,(H,22,25). The summed E-state index contributed by atoms with van der Waals surface area (Å²) in [6.07, 6.45) is 2.81. The predicted molar refractivity (Wildman–Crippen MR) is 101 cm³/mol. The van der Waals surface area contributed by atoms with Gasteiger partial charge >= 0.3 is 0 Å². The van der Waals surface area contributed by atoms with E-state index in [1.54, 1.807) is 7.11 Å². The first-order chi connectivity index (χ1) is 13.1. The highest BCUT2D eigenvalue weighted by atomic mass is 16.5. The Bertz CT molecular complexity index is 822. The normalized spacial score (nSPS) is 18.1. The first-order valence-corrected chi connectivity index (χ1v) is 9.41. The third-order valence-electron chi connectivity index (χ3n) is 5.63. The summed E-state index contributed by atoms with van der Waals surface area (Å²) in [5.74, 6) is 0.639. The fourth-order valence-electron chi connectivity index (χ4n) is 3.95. The fourth-order valence-corrected chi connectivity index (χ4v) is 3.95. The summed E-state index contributed by atoms with van der Waals surface area (Å²) in [6, 6.07) is 7.65. The minimum atomic E-state index is -0.160. The minimum absolute atomic E-state index is 0.108. The SMILES string of the molecule is COc1ccc(CNC(=O)c2nn(C)c3c2COC2(CCNCC2)C3)cc1. The Morgan fingerprint density at radius 1 is 1.33 bits per heavy atom. The Morgan fingerprint density at radius 3 is 2.78 bits per heavy atom. The maximum atomic E-state index is 12.7. The first-order valence-electron chi connectivity index (χ1n) is 9.41. The Kier molecular flexibility index (Phi) is 4.88. The summed E-state index contributed by atoms with van der Waals surface area (Å²) in [5, 5.41) is 10.8. The Labute approximate surface area is 159 Å². The lowest BCUT2D eigenvalue weighted by atomic mass is 9.84. The van der Waals surface area contributed by atoms with E-state index in [-0.39, 0.29) is 11.5 Å². The van der Waals surface area contributed by atoms with Crippen LogP contribution in [0.15, 0.2) is 24.3 Å². The number of ether oxygens (including phenoxy) is 2. The molecule has 0 bridgehead atoms. The zero-order chi connectivity index (χ0) is 18.9. The highest BCUT2D eigenvalue weighted by molar-refractivity contribution is 5.94. The molecule has 0 unspecified atom stereocenters. The predicted octanol–water partition coefficient (Wildman–Crippen LogP) is 1.55. The number of carbonyl (C=O) groups is 1. The Balaban J connectivity index is 1.46. The van der Waals surface area contributed by atoms with E-state index in [1.807, 2.05) is 36.0 Å². The van der Waals surface area contributed by atoms with Gasteiger partial charge in [-0.25, -0.2) is 0 Å². The van der Waals surface area contributed by atoms with Gasteiger partial charge < -0.3 is 20.1 Å². The third kappa shape index (κ3) is 3.57. The maximum Gasteiger partial charge on any atom is 0.272 e. The van der Waals surface area contributed by atoms with E-state index in [4.69, 9.17) is 9.47 Å². The van der Waals surface area contributed by atoms with Crippen LogP contribution in [-0.2, 0) is 31.4 Å². The van der Waals surface area contributed by atoms with Gasteiger partial charge in [-0.3, -0.25) is 9.48 Å². The first kappa shape index (κ1) is 18.0. The maximum absolute atomic E-state index is 12.7. The molecular formula is C20H26N4O3. The molecule has 144 valence electrons. The second kappa shape index (κ2) is 7.32. The van der Waals surface area contributed by atoms with Gasteiger partial charge in [0.05, 0.1) is 19.3 Å². The van der Waals surface area contributed by atoms with Crippen LogP contribution >= 0.6 is 0 Å². The number of carbonyl (C=O) groups excluding carboxylic acids is 1. The summed E-state index contributed by atoms with van der Waals surface area (Å²) in [5.41, 5.74) is 3.43. The fraction of sp³-hybridized carbons (Fsp3) is 0.500. The molecule has 1 aromatic carbocycles. The molecule has 1 saturated heterocycles. The third-order valence-corrected chi connectivity index (χ3v) is 5.63.